The van der Waals surface area contributed by atoms with Crippen LogP contribution in [0.2, 0.25) is 0 Å². The van der Waals surface area contributed by atoms with E-state index in [4.69, 9.17) is 14.2 Å². The summed E-state index contributed by atoms with van der Waals surface area (Å²) in [5, 5.41) is 5.42. The molecule has 0 atom stereocenters. The van der Waals surface area contributed by atoms with Crippen LogP contribution in [0.15, 0.2) is 53.4 Å². The predicted molar refractivity (Wildman–Crippen MR) is 103 cm³/mol. The summed E-state index contributed by atoms with van der Waals surface area (Å²) in [6.45, 7) is 1.95. The lowest BCUT2D eigenvalue weighted by atomic mass is 10.1. The molecular formula is C20H22N2O3S. The minimum atomic E-state index is 0.497. The lowest BCUT2D eigenvalue weighted by molar-refractivity contribution is 0.302. The summed E-state index contributed by atoms with van der Waals surface area (Å²) in [5.41, 5.74) is 5.01. The van der Waals surface area contributed by atoms with Crippen molar-refractivity contribution >= 4 is 11.3 Å². The van der Waals surface area contributed by atoms with Crippen molar-refractivity contribution in [2.45, 2.75) is 19.7 Å². The number of ether oxygens (including phenoxy) is 3. The van der Waals surface area contributed by atoms with E-state index >= 15 is 0 Å². The molecule has 2 aromatic carbocycles. The third-order valence-corrected chi connectivity index (χ3v) is 4.56. The normalized spacial score (nSPS) is 10.5. The third-order valence-electron chi connectivity index (χ3n) is 3.93. The highest BCUT2D eigenvalue weighted by atomic mass is 32.1. The molecule has 5 nitrogen and oxygen atoms in total. The average molecular weight is 370 g/mol. The Morgan fingerprint density at radius 1 is 0.962 bits per heavy atom. The summed E-state index contributed by atoms with van der Waals surface area (Å²) in [5.74, 6) is 2.52. The van der Waals surface area contributed by atoms with Crippen molar-refractivity contribution in [1.82, 2.24) is 10.3 Å². The maximum Gasteiger partial charge on any atom is 0.131 e. The smallest absolute Gasteiger partial charge is 0.131 e. The van der Waals surface area contributed by atoms with Crippen molar-refractivity contribution in [2.24, 2.45) is 0 Å². The van der Waals surface area contributed by atoms with Gasteiger partial charge in [-0.15, -0.1) is 11.3 Å². The van der Waals surface area contributed by atoms with Gasteiger partial charge in [0.15, 0.2) is 0 Å². The van der Waals surface area contributed by atoms with Crippen LogP contribution in [0.4, 0.5) is 0 Å². The number of hydrogen-bond donors (Lipinski definition) is 1. The van der Waals surface area contributed by atoms with Crippen molar-refractivity contribution in [3.05, 3.63) is 70.2 Å². The number of hydrogen-bond acceptors (Lipinski definition) is 6. The van der Waals surface area contributed by atoms with Gasteiger partial charge >= 0.3 is 0 Å². The van der Waals surface area contributed by atoms with Crippen LogP contribution in [-0.2, 0) is 19.7 Å². The molecule has 0 unspecified atom stereocenters. The van der Waals surface area contributed by atoms with Crippen LogP contribution in [0.3, 0.4) is 0 Å². The zero-order chi connectivity index (χ0) is 18.2. The first-order valence-corrected chi connectivity index (χ1v) is 9.23. The Hall–Kier alpha value is -2.57. The average Bonchev–Trinajstić information content (AvgIpc) is 3.21. The molecule has 0 aliphatic carbocycles. The molecule has 0 saturated heterocycles. The fourth-order valence-electron chi connectivity index (χ4n) is 2.53. The Balaban J connectivity index is 1.50. The fraction of sp³-hybridized carbons (Fsp3) is 0.250. The maximum atomic E-state index is 5.73. The van der Waals surface area contributed by atoms with Crippen molar-refractivity contribution in [3.63, 3.8) is 0 Å². The van der Waals surface area contributed by atoms with Gasteiger partial charge in [0.2, 0.25) is 0 Å². The monoisotopic (exact) mass is 370 g/mol. The molecule has 0 aliphatic rings. The second kappa shape index (κ2) is 9.22. The molecule has 6 heteroatoms. The standard InChI is InChI=1S/C20H22N2O3S/c1-23-19-7-8-20(24-2)16(9-19)11-21-10-15-3-5-18(6-4-15)25-12-17-13-26-14-22-17/h3-9,13-14,21H,10-12H2,1-2H3. The Morgan fingerprint density at radius 2 is 1.77 bits per heavy atom. The maximum absolute atomic E-state index is 5.73. The van der Waals surface area contributed by atoms with Gasteiger partial charge in [-0.05, 0) is 35.9 Å². The molecule has 3 aromatic rings. The van der Waals surface area contributed by atoms with Gasteiger partial charge in [0.1, 0.15) is 23.9 Å². The molecule has 26 heavy (non-hydrogen) atoms. The first-order chi connectivity index (χ1) is 12.8. The van der Waals surface area contributed by atoms with Gasteiger partial charge in [0, 0.05) is 24.0 Å². The van der Waals surface area contributed by atoms with Crippen molar-refractivity contribution < 1.29 is 14.2 Å². The predicted octanol–water partition coefficient (Wildman–Crippen LogP) is 4.03. The Kier molecular flexibility index (Phi) is 6.46. The van der Waals surface area contributed by atoms with E-state index in [1.165, 1.54) is 5.56 Å². The van der Waals surface area contributed by atoms with Gasteiger partial charge in [0.25, 0.3) is 0 Å². The van der Waals surface area contributed by atoms with Crippen LogP contribution in [0, 0.1) is 0 Å². The summed E-state index contributed by atoms with van der Waals surface area (Å²) < 4.78 is 16.4. The molecule has 0 fully saturated rings. The molecule has 0 saturated carbocycles. The number of nitrogens with one attached hydrogen (secondary N) is 1. The van der Waals surface area contributed by atoms with E-state index in [1.54, 1.807) is 25.6 Å². The topological polar surface area (TPSA) is 52.6 Å². The molecule has 0 aliphatic heterocycles. The second-order valence-corrected chi connectivity index (χ2v) is 6.41. The summed E-state index contributed by atoms with van der Waals surface area (Å²) in [6.07, 6.45) is 0. The number of methoxy groups -OCH3 is 2. The largest absolute Gasteiger partial charge is 0.497 e. The van der Waals surface area contributed by atoms with E-state index in [2.05, 4.69) is 22.4 Å². The minimum Gasteiger partial charge on any atom is -0.497 e. The van der Waals surface area contributed by atoms with Crippen LogP contribution in [0.25, 0.3) is 0 Å². The molecule has 0 bridgehead atoms. The van der Waals surface area contributed by atoms with Crippen LogP contribution < -0.4 is 19.5 Å². The first-order valence-electron chi connectivity index (χ1n) is 8.29. The van der Waals surface area contributed by atoms with Gasteiger partial charge in [-0.3, -0.25) is 0 Å². The summed E-state index contributed by atoms with van der Waals surface area (Å²) in [7, 11) is 3.34. The summed E-state index contributed by atoms with van der Waals surface area (Å²) in [4.78, 5) is 4.21. The molecule has 136 valence electrons. The number of aromatic nitrogens is 1. The molecule has 0 amide bonds. The third kappa shape index (κ3) is 4.97. The molecule has 3 rings (SSSR count). The molecule has 1 N–H and O–H groups in total. The van der Waals surface area contributed by atoms with Crippen molar-refractivity contribution in [2.75, 3.05) is 14.2 Å². The number of rotatable bonds is 9. The van der Waals surface area contributed by atoms with Crippen molar-refractivity contribution in [3.8, 4) is 17.2 Å². The molecule has 1 heterocycles. The quantitative estimate of drug-likeness (QED) is 0.616. The van der Waals surface area contributed by atoms with Crippen LogP contribution in [0.1, 0.15) is 16.8 Å². The SMILES string of the molecule is COc1ccc(OC)c(CNCc2ccc(OCc3cscn3)cc2)c1. The van der Waals surface area contributed by atoms with E-state index in [0.717, 1.165) is 35.1 Å². The number of benzene rings is 2. The van der Waals surface area contributed by atoms with Crippen LogP contribution in [0.5, 0.6) is 17.2 Å². The van der Waals surface area contributed by atoms with Gasteiger partial charge in [-0.25, -0.2) is 4.98 Å². The van der Waals surface area contributed by atoms with Crippen molar-refractivity contribution in [1.29, 1.82) is 0 Å². The van der Waals surface area contributed by atoms with E-state index in [-0.39, 0.29) is 0 Å². The van der Waals surface area contributed by atoms with E-state index in [0.29, 0.717) is 13.2 Å². The molecule has 1 aromatic heterocycles. The molecule has 0 spiro atoms. The van der Waals surface area contributed by atoms with Crippen LogP contribution in [-0.4, -0.2) is 19.2 Å². The highest BCUT2D eigenvalue weighted by Gasteiger charge is 2.05. The van der Waals surface area contributed by atoms with E-state index in [9.17, 15) is 0 Å². The summed E-state index contributed by atoms with van der Waals surface area (Å²) >= 11 is 1.57. The Morgan fingerprint density at radius 3 is 2.46 bits per heavy atom. The van der Waals surface area contributed by atoms with Gasteiger partial charge in [-0.2, -0.15) is 0 Å². The minimum absolute atomic E-state index is 0.497. The highest BCUT2D eigenvalue weighted by molar-refractivity contribution is 7.07. The van der Waals surface area contributed by atoms with Gasteiger partial charge in [0.05, 0.1) is 25.4 Å². The lowest BCUT2D eigenvalue weighted by Gasteiger charge is -2.12. The highest BCUT2D eigenvalue weighted by Crippen LogP contribution is 2.24. The molecular weight excluding hydrogens is 348 g/mol. The number of nitrogens with zero attached hydrogens (tertiary/aromatic N) is 1. The van der Waals surface area contributed by atoms with Gasteiger partial charge < -0.3 is 19.5 Å². The zero-order valence-electron chi connectivity index (χ0n) is 14.9. The lowest BCUT2D eigenvalue weighted by Crippen LogP contribution is -2.13. The second-order valence-electron chi connectivity index (χ2n) is 5.69. The van der Waals surface area contributed by atoms with E-state index < -0.39 is 0 Å². The molecule has 0 radical (unpaired) electrons. The zero-order valence-corrected chi connectivity index (χ0v) is 15.7. The Labute approximate surface area is 157 Å². The van der Waals surface area contributed by atoms with Gasteiger partial charge in [-0.1, -0.05) is 12.1 Å². The first kappa shape index (κ1) is 18.2. The summed E-state index contributed by atoms with van der Waals surface area (Å²) in [6, 6.07) is 13.9. The van der Waals surface area contributed by atoms with Crippen LogP contribution >= 0.6 is 11.3 Å². The fourth-order valence-corrected chi connectivity index (χ4v) is 3.07. The van der Waals surface area contributed by atoms with E-state index in [1.807, 2.05) is 41.2 Å². The number of thiazole rings is 1. The Bertz CT molecular complexity index is 804.